The number of rotatable bonds is 4. The lowest BCUT2D eigenvalue weighted by Crippen LogP contribution is -2.70. The van der Waals surface area contributed by atoms with Crippen molar-refractivity contribution in [2.24, 2.45) is 5.92 Å². The number of nitrogens with one attached hydrogen (secondary N) is 3. The number of amides is 4. The molecule has 10 heteroatoms. The molecule has 0 radical (unpaired) electrons. The lowest BCUT2D eigenvalue weighted by molar-refractivity contribution is -0.143. The molecule has 4 N–H and O–H groups in total. The summed E-state index contributed by atoms with van der Waals surface area (Å²) in [4.78, 5) is 42.0. The van der Waals surface area contributed by atoms with Gasteiger partial charge in [-0.2, -0.15) is 0 Å². The normalized spacial score (nSPS) is 28.6. The van der Waals surface area contributed by atoms with Gasteiger partial charge in [-0.15, -0.1) is 0 Å². The first kappa shape index (κ1) is 17.8. The summed E-state index contributed by atoms with van der Waals surface area (Å²) >= 11 is 0. The van der Waals surface area contributed by atoms with Gasteiger partial charge in [0.15, 0.2) is 12.1 Å². The second-order valence-corrected chi connectivity index (χ2v) is 7.58. The smallest absolute Gasteiger partial charge is 0.315 e. The summed E-state index contributed by atoms with van der Waals surface area (Å²) in [5, 5.41) is 18.6. The maximum Gasteiger partial charge on any atom is 0.315 e. The molecule has 146 valence electrons. The molecule has 27 heavy (non-hydrogen) atoms. The molecule has 4 rings (SSSR count). The van der Waals surface area contributed by atoms with Crippen LogP contribution in [0.15, 0.2) is 10.8 Å². The van der Waals surface area contributed by atoms with Crippen molar-refractivity contribution >= 4 is 17.8 Å². The number of carbonyl (C=O) groups excluding carboxylic acids is 3. The Kier molecular flexibility index (Phi) is 4.29. The number of carbonyl (C=O) groups is 3. The Morgan fingerprint density at radius 3 is 2.89 bits per heavy atom. The Morgan fingerprint density at radius 1 is 1.44 bits per heavy atom. The zero-order valence-electron chi connectivity index (χ0n) is 15.0. The van der Waals surface area contributed by atoms with E-state index in [1.54, 1.807) is 4.90 Å². The van der Waals surface area contributed by atoms with Crippen LogP contribution >= 0.6 is 0 Å². The molecule has 1 aromatic rings. The molecule has 3 heterocycles. The molecule has 0 aromatic carbocycles. The summed E-state index contributed by atoms with van der Waals surface area (Å²) in [6.07, 6.45) is 1.65. The number of oxazole rings is 1. The topological polar surface area (TPSA) is 137 Å². The third-order valence-corrected chi connectivity index (χ3v) is 5.64. The minimum atomic E-state index is -0.789. The number of aliphatic hydroxyl groups is 1. The molecular formula is C17H23N5O5. The van der Waals surface area contributed by atoms with Crippen LogP contribution in [0.25, 0.3) is 0 Å². The first-order valence-corrected chi connectivity index (χ1v) is 9.17. The molecule has 0 bridgehead atoms. The van der Waals surface area contributed by atoms with Gasteiger partial charge in [-0.3, -0.25) is 9.59 Å². The molecule has 0 unspecified atom stereocenters. The summed E-state index contributed by atoms with van der Waals surface area (Å²) in [5.41, 5.74) is -0.144. The van der Waals surface area contributed by atoms with E-state index in [-0.39, 0.29) is 29.1 Å². The minimum Gasteiger partial charge on any atom is -0.448 e. The standard InChI is InChI=1S/C17H23N5O5/c1-2-12-13(19-8-27-12)14(24)20-10-3-9(4-11(10)23)15(25)22-6-17(7-22)5-18-16(26)21-17/h8-11,23H,2-7H2,1H3,(H,20,24)(H2,18,21,26)/t9-,10-,11-/m0/s1. The average Bonchev–Trinajstić information content (AvgIpc) is 3.31. The lowest BCUT2D eigenvalue weighted by Gasteiger charge is -2.47. The van der Waals surface area contributed by atoms with E-state index in [2.05, 4.69) is 20.9 Å². The van der Waals surface area contributed by atoms with E-state index in [4.69, 9.17) is 4.42 Å². The number of likely N-dealkylation sites (tertiary alicyclic amines) is 1. The first-order valence-electron chi connectivity index (χ1n) is 9.17. The highest BCUT2D eigenvalue weighted by atomic mass is 16.3. The number of nitrogens with zero attached hydrogens (tertiary/aromatic N) is 2. The maximum absolute atomic E-state index is 12.7. The summed E-state index contributed by atoms with van der Waals surface area (Å²) < 4.78 is 5.16. The highest BCUT2D eigenvalue weighted by Gasteiger charge is 2.51. The van der Waals surface area contributed by atoms with Crippen LogP contribution in [0, 0.1) is 5.92 Å². The first-order chi connectivity index (χ1) is 12.9. The van der Waals surface area contributed by atoms with E-state index < -0.39 is 18.1 Å². The van der Waals surface area contributed by atoms with Crippen molar-refractivity contribution in [1.82, 2.24) is 25.8 Å². The average molecular weight is 377 g/mol. The fraction of sp³-hybridized carbons (Fsp3) is 0.647. The van der Waals surface area contributed by atoms with Crippen LogP contribution in [0.5, 0.6) is 0 Å². The number of hydrogen-bond acceptors (Lipinski definition) is 6. The molecule has 2 saturated heterocycles. The fourth-order valence-electron chi connectivity index (χ4n) is 4.18. The van der Waals surface area contributed by atoms with Crippen LogP contribution < -0.4 is 16.0 Å². The number of aromatic nitrogens is 1. The molecule has 1 aliphatic carbocycles. The van der Waals surface area contributed by atoms with Crippen molar-refractivity contribution in [3.05, 3.63) is 17.8 Å². The van der Waals surface area contributed by atoms with Gasteiger partial charge in [-0.05, 0) is 12.8 Å². The zero-order chi connectivity index (χ0) is 19.2. The quantitative estimate of drug-likeness (QED) is 0.531. The minimum absolute atomic E-state index is 0.0479. The lowest BCUT2D eigenvalue weighted by atomic mass is 9.89. The zero-order valence-corrected chi connectivity index (χ0v) is 15.0. The number of hydrogen-bond donors (Lipinski definition) is 4. The Labute approximate surface area is 155 Å². The van der Waals surface area contributed by atoms with Crippen LogP contribution in [-0.4, -0.2) is 70.2 Å². The molecule has 3 fully saturated rings. The van der Waals surface area contributed by atoms with E-state index in [0.717, 1.165) is 0 Å². The molecule has 2 aliphatic heterocycles. The van der Waals surface area contributed by atoms with Crippen molar-refractivity contribution < 1.29 is 23.9 Å². The number of urea groups is 1. The van der Waals surface area contributed by atoms with E-state index >= 15 is 0 Å². The van der Waals surface area contributed by atoms with Gasteiger partial charge in [0.2, 0.25) is 5.91 Å². The highest BCUT2D eigenvalue weighted by molar-refractivity contribution is 5.93. The molecule has 10 nitrogen and oxygen atoms in total. The van der Waals surface area contributed by atoms with Gasteiger partial charge in [-0.1, -0.05) is 6.92 Å². The SMILES string of the molecule is CCc1ocnc1C(=O)N[C@H]1C[C@H](C(=O)N2CC3(CNC(=O)N3)C2)C[C@@H]1O. The molecule has 1 saturated carbocycles. The van der Waals surface area contributed by atoms with Gasteiger partial charge in [0.25, 0.3) is 5.91 Å². The van der Waals surface area contributed by atoms with Crippen LogP contribution in [0.3, 0.4) is 0 Å². The van der Waals surface area contributed by atoms with E-state index in [1.165, 1.54) is 6.39 Å². The van der Waals surface area contributed by atoms with Crippen LogP contribution in [0.2, 0.25) is 0 Å². The Balaban J connectivity index is 1.32. The summed E-state index contributed by atoms with van der Waals surface area (Å²) in [5.74, 6) is -0.310. The summed E-state index contributed by atoms with van der Waals surface area (Å²) in [7, 11) is 0. The predicted molar refractivity (Wildman–Crippen MR) is 91.7 cm³/mol. The fourth-order valence-corrected chi connectivity index (χ4v) is 4.18. The third-order valence-electron chi connectivity index (χ3n) is 5.64. The van der Waals surface area contributed by atoms with Gasteiger partial charge >= 0.3 is 6.03 Å². The van der Waals surface area contributed by atoms with Crippen LogP contribution in [0.4, 0.5) is 4.79 Å². The van der Waals surface area contributed by atoms with Crippen molar-refractivity contribution in [1.29, 1.82) is 0 Å². The van der Waals surface area contributed by atoms with E-state index in [1.807, 2.05) is 6.92 Å². The summed E-state index contributed by atoms with van der Waals surface area (Å²) in [6.45, 7) is 3.30. The monoisotopic (exact) mass is 377 g/mol. The summed E-state index contributed by atoms with van der Waals surface area (Å²) in [6, 6.07) is -0.712. The Hall–Kier alpha value is -2.62. The van der Waals surface area contributed by atoms with Crippen molar-refractivity contribution in [2.45, 2.75) is 43.9 Å². The largest absolute Gasteiger partial charge is 0.448 e. The van der Waals surface area contributed by atoms with Gasteiger partial charge in [0.05, 0.1) is 17.7 Å². The van der Waals surface area contributed by atoms with Gasteiger partial charge in [-0.25, -0.2) is 9.78 Å². The van der Waals surface area contributed by atoms with E-state index in [0.29, 0.717) is 44.7 Å². The maximum atomic E-state index is 12.7. The predicted octanol–water partition coefficient (Wildman–Crippen LogP) is -1.000. The molecule has 1 aromatic heterocycles. The Bertz CT molecular complexity index is 772. The molecular weight excluding hydrogens is 354 g/mol. The number of aryl methyl sites for hydroxylation is 1. The highest BCUT2D eigenvalue weighted by Crippen LogP contribution is 2.32. The molecule has 3 aliphatic rings. The molecule has 4 amide bonds. The number of aliphatic hydroxyl groups excluding tert-OH is 1. The van der Waals surface area contributed by atoms with Crippen LogP contribution in [0.1, 0.15) is 36.0 Å². The van der Waals surface area contributed by atoms with E-state index in [9.17, 15) is 19.5 Å². The van der Waals surface area contributed by atoms with Gasteiger partial charge < -0.3 is 30.4 Å². The van der Waals surface area contributed by atoms with Crippen molar-refractivity contribution in [3.63, 3.8) is 0 Å². The Morgan fingerprint density at radius 2 is 2.22 bits per heavy atom. The van der Waals surface area contributed by atoms with Crippen molar-refractivity contribution in [3.8, 4) is 0 Å². The second kappa shape index (κ2) is 6.52. The second-order valence-electron chi connectivity index (χ2n) is 7.58. The molecule has 1 spiro atoms. The van der Waals surface area contributed by atoms with Gasteiger partial charge in [0, 0.05) is 32.0 Å². The third kappa shape index (κ3) is 3.14. The molecule has 3 atom stereocenters. The van der Waals surface area contributed by atoms with Gasteiger partial charge in [0.1, 0.15) is 5.76 Å². The van der Waals surface area contributed by atoms with Crippen molar-refractivity contribution in [2.75, 3.05) is 19.6 Å². The van der Waals surface area contributed by atoms with Crippen LogP contribution in [-0.2, 0) is 11.2 Å².